The van der Waals surface area contributed by atoms with Crippen molar-refractivity contribution in [2.24, 2.45) is 0 Å². The summed E-state index contributed by atoms with van der Waals surface area (Å²) >= 11 is 0.822. The number of nitrogen functional groups attached to an aromatic ring is 1. The summed E-state index contributed by atoms with van der Waals surface area (Å²) in [5.74, 6) is 0.122. The highest BCUT2D eigenvalue weighted by Gasteiger charge is 2.17. The first kappa shape index (κ1) is 9.40. The van der Waals surface area contributed by atoms with Gasteiger partial charge in [0.1, 0.15) is 0 Å². The zero-order valence-corrected chi connectivity index (χ0v) is 8.15. The number of rotatable bonds is 3. The first-order valence-corrected chi connectivity index (χ1v) is 5.81. The van der Waals surface area contributed by atoms with E-state index in [2.05, 4.69) is 9.36 Å². The van der Waals surface area contributed by atoms with Gasteiger partial charge in [-0.25, -0.2) is 8.42 Å². The van der Waals surface area contributed by atoms with Gasteiger partial charge in [0.15, 0.2) is 0 Å². The van der Waals surface area contributed by atoms with Crippen LogP contribution in [0.1, 0.15) is 13.3 Å². The van der Waals surface area contributed by atoms with Crippen molar-refractivity contribution in [2.45, 2.75) is 17.7 Å². The van der Waals surface area contributed by atoms with Gasteiger partial charge in [0.05, 0.1) is 5.75 Å². The summed E-state index contributed by atoms with van der Waals surface area (Å²) in [6.45, 7) is 1.79. The molecule has 0 bridgehead atoms. The second-order valence-corrected chi connectivity index (χ2v) is 5.27. The van der Waals surface area contributed by atoms with Crippen LogP contribution in [-0.4, -0.2) is 23.5 Å². The molecule has 0 fully saturated rings. The van der Waals surface area contributed by atoms with Crippen LogP contribution in [0.3, 0.4) is 0 Å². The normalized spacial score (nSPS) is 11.8. The lowest BCUT2D eigenvalue weighted by atomic mass is 10.6. The minimum atomic E-state index is -3.22. The molecule has 5 nitrogen and oxygen atoms in total. The molecule has 0 aromatic carbocycles. The molecule has 0 atom stereocenters. The van der Waals surface area contributed by atoms with Crippen LogP contribution in [0.15, 0.2) is 4.34 Å². The topological polar surface area (TPSA) is 85.9 Å². The molecule has 0 unspecified atom stereocenters. The number of hydrogen-bond acceptors (Lipinski definition) is 6. The van der Waals surface area contributed by atoms with Crippen LogP contribution in [0, 0.1) is 0 Å². The van der Waals surface area contributed by atoms with Crippen molar-refractivity contribution in [3.8, 4) is 0 Å². The molecule has 7 heteroatoms. The molecule has 0 saturated carbocycles. The molecular weight excluding hydrogens is 198 g/mol. The maximum absolute atomic E-state index is 11.3. The zero-order chi connectivity index (χ0) is 9.19. The van der Waals surface area contributed by atoms with Gasteiger partial charge < -0.3 is 5.73 Å². The zero-order valence-electron chi connectivity index (χ0n) is 6.52. The third-order valence-electron chi connectivity index (χ3n) is 1.16. The molecule has 1 aromatic rings. The lowest BCUT2D eigenvalue weighted by molar-refractivity contribution is 0.594. The predicted octanol–water partition coefficient (Wildman–Crippen LogP) is 0.304. The van der Waals surface area contributed by atoms with Crippen LogP contribution in [0.2, 0.25) is 0 Å². The molecule has 2 N–H and O–H groups in total. The van der Waals surface area contributed by atoms with Crippen LogP contribution in [0.4, 0.5) is 5.95 Å². The SMILES string of the molecule is CCCS(=O)(=O)c1nc(N)ns1. The molecule has 68 valence electrons. The van der Waals surface area contributed by atoms with Crippen molar-refractivity contribution in [1.29, 1.82) is 0 Å². The molecule has 12 heavy (non-hydrogen) atoms. The molecule has 1 heterocycles. The lowest BCUT2D eigenvalue weighted by Gasteiger charge is -1.93. The Labute approximate surface area is 74.7 Å². The van der Waals surface area contributed by atoms with E-state index in [1.807, 2.05) is 0 Å². The molecule has 1 aromatic heterocycles. The van der Waals surface area contributed by atoms with Gasteiger partial charge >= 0.3 is 0 Å². The molecule has 0 radical (unpaired) electrons. The van der Waals surface area contributed by atoms with Crippen LogP contribution < -0.4 is 5.73 Å². The fourth-order valence-corrected chi connectivity index (χ4v) is 2.81. The Kier molecular flexibility index (Phi) is 2.63. The second-order valence-electron chi connectivity index (χ2n) is 2.24. The second kappa shape index (κ2) is 3.36. The summed E-state index contributed by atoms with van der Waals surface area (Å²) in [7, 11) is -3.22. The average Bonchev–Trinajstić information content (AvgIpc) is 2.36. The minimum Gasteiger partial charge on any atom is -0.367 e. The van der Waals surface area contributed by atoms with Gasteiger partial charge in [-0.3, -0.25) is 0 Å². The average molecular weight is 207 g/mol. The molecule has 0 aliphatic rings. The summed E-state index contributed by atoms with van der Waals surface area (Å²) in [4.78, 5) is 3.60. The first-order chi connectivity index (χ1) is 5.56. The number of aromatic nitrogens is 2. The monoisotopic (exact) mass is 207 g/mol. The molecule has 0 saturated heterocycles. The smallest absolute Gasteiger partial charge is 0.233 e. The summed E-state index contributed by atoms with van der Waals surface area (Å²) in [5.41, 5.74) is 5.20. The van der Waals surface area contributed by atoms with Crippen LogP contribution in [-0.2, 0) is 9.84 Å². The maximum Gasteiger partial charge on any atom is 0.233 e. The Morgan fingerprint density at radius 2 is 2.25 bits per heavy atom. The highest BCUT2D eigenvalue weighted by molar-refractivity contribution is 7.93. The van der Waals surface area contributed by atoms with Gasteiger partial charge in [-0.15, -0.1) is 0 Å². The summed E-state index contributed by atoms with van der Waals surface area (Å²) in [5, 5.41) is 0. The Bertz CT molecular complexity index is 357. The highest BCUT2D eigenvalue weighted by atomic mass is 32.2. The van der Waals surface area contributed by atoms with Crippen molar-refractivity contribution < 1.29 is 8.42 Å². The van der Waals surface area contributed by atoms with Crippen LogP contribution >= 0.6 is 11.5 Å². The van der Waals surface area contributed by atoms with Gasteiger partial charge in [-0.2, -0.15) is 9.36 Å². The van der Waals surface area contributed by atoms with E-state index in [9.17, 15) is 8.42 Å². The summed E-state index contributed by atoms with van der Waals surface area (Å²) in [6.07, 6.45) is 0.571. The summed E-state index contributed by atoms with van der Waals surface area (Å²) in [6, 6.07) is 0. The Balaban J connectivity index is 2.98. The van der Waals surface area contributed by atoms with E-state index < -0.39 is 9.84 Å². The third-order valence-corrected chi connectivity index (χ3v) is 4.24. The molecule has 1 rings (SSSR count). The maximum atomic E-state index is 11.3. The van der Waals surface area contributed by atoms with E-state index in [-0.39, 0.29) is 16.0 Å². The molecule has 0 aliphatic heterocycles. The number of sulfone groups is 1. The molecular formula is C5H9N3O2S2. The van der Waals surface area contributed by atoms with Crippen molar-refractivity contribution in [3.63, 3.8) is 0 Å². The summed E-state index contributed by atoms with van der Waals surface area (Å²) < 4.78 is 26.2. The van der Waals surface area contributed by atoms with E-state index in [0.29, 0.717) is 6.42 Å². The number of hydrogen-bond donors (Lipinski definition) is 1. The van der Waals surface area contributed by atoms with Crippen LogP contribution in [0.25, 0.3) is 0 Å². The largest absolute Gasteiger partial charge is 0.367 e. The predicted molar refractivity (Wildman–Crippen MR) is 46.7 cm³/mol. The highest BCUT2D eigenvalue weighted by Crippen LogP contribution is 2.14. The number of nitrogens with zero attached hydrogens (tertiary/aromatic N) is 2. The van der Waals surface area contributed by atoms with Gasteiger partial charge in [0.25, 0.3) is 0 Å². The van der Waals surface area contributed by atoms with E-state index >= 15 is 0 Å². The van der Waals surface area contributed by atoms with Gasteiger partial charge in [-0.05, 0) is 6.42 Å². The Morgan fingerprint density at radius 3 is 2.67 bits per heavy atom. The van der Waals surface area contributed by atoms with Gasteiger partial charge in [-0.1, -0.05) is 6.92 Å². The van der Waals surface area contributed by atoms with Gasteiger partial charge in [0, 0.05) is 11.5 Å². The standard InChI is InChI=1S/C5H9N3O2S2/c1-2-3-12(9,10)5-7-4(6)8-11-5/h2-3H2,1H3,(H2,6,8). The fourth-order valence-electron chi connectivity index (χ4n) is 0.703. The number of nitrogens with two attached hydrogens (primary N) is 1. The third kappa shape index (κ3) is 1.92. The van der Waals surface area contributed by atoms with E-state index in [4.69, 9.17) is 5.73 Å². The Morgan fingerprint density at radius 1 is 1.58 bits per heavy atom. The quantitative estimate of drug-likeness (QED) is 0.770. The van der Waals surface area contributed by atoms with E-state index in [1.54, 1.807) is 6.92 Å². The lowest BCUT2D eigenvalue weighted by Crippen LogP contribution is -2.05. The van der Waals surface area contributed by atoms with Gasteiger partial charge in [0.2, 0.25) is 20.1 Å². The fraction of sp³-hybridized carbons (Fsp3) is 0.600. The van der Waals surface area contributed by atoms with E-state index in [1.165, 1.54) is 0 Å². The number of anilines is 1. The van der Waals surface area contributed by atoms with Crippen molar-refractivity contribution in [1.82, 2.24) is 9.36 Å². The molecule has 0 aliphatic carbocycles. The van der Waals surface area contributed by atoms with Crippen LogP contribution in [0.5, 0.6) is 0 Å². The first-order valence-electron chi connectivity index (χ1n) is 3.38. The minimum absolute atomic E-state index is 0.0156. The van der Waals surface area contributed by atoms with Crippen molar-refractivity contribution >= 4 is 27.3 Å². The van der Waals surface area contributed by atoms with Crippen molar-refractivity contribution in [2.75, 3.05) is 11.5 Å². The Hall–Kier alpha value is -0.690. The molecule has 0 amide bonds. The molecule has 0 spiro atoms. The van der Waals surface area contributed by atoms with Crippen molar-refractivity contribution in [3.05, 3.63) is 0 Å². The van der Waals surface area contributed by atoms with E-state index in [0.717, 1.165) is 11.5 Å².